The lowest BCUT2D eigenvalue weighted by Gasteiger charge is -2.23. The molecule has 0 bridgehead atoms. The van der Waals surface area contributed by atoms with E-state index in [9.17, 15) is 4.79 Å². The molecule has 7 heteroatoms. The molecule has 0 radical (unpaired) electrons. The van der Waals surface area contributed by atoms with Gasteiger partial charge in [0, 0.05) is 37.8 Å². The Morgan fingerprint density at radius 1 is 1.27 bits per heavy atom. The van der Waals surface area contributed by atoms with E-state index in [1.165, 1.54) is 11.1 Å². The zero-order valence-electron chi connectivity index (χ0n) is 22.4. The minimum absolute atomic E-state index is 0.00813. The molecule has 37 heavy (non-hydrogen) atoms. The molecule has 0 fully saturated rings. The third-order valence-electron chi connectivity index (χ3n) is 5.79. The summed E-state index contributed by atoms with van der Waals surface area (Å²) in [5.41, 5.74) is 5.90. The van der Waals surface area contributed by atoms with Crippen LogP contribution in [0.25, 0.3) is 5.57 Å². The van der Waals surface area contributed by atoms with E-state index < -0.39 is 11.9 Å². The fourth-order valence-electron chi connectivity index (χ4n) is 3.63. The number of likely N-dealkylation sites (N-methyl/N-ethyl adjacent to an activating group) is 1. The second kappa shape index (κ2) is 14.4. The van der Waals surface area contributed by atoms with Gasteiger partial charge >= 0.3 is 5.97 Å². The maximum Gasteiger partial charge on any atom is 0.303 e. The third-order valence-corrected chi connectivity index (χ3v) is 6.07. The highest BCUT2D eigenvalue weighted by Gasteiger charge is 2.16. The number of aromatic nitrogens is 1. The maximum atomic E-state index is 15.2. The third kappa shape index (κ3) is 9.21. The predicted octanol–water partition coefficient (Wildman–Crippen LogP) is 7.79. The van der Waals surface area contributed by atoms with Crippen molar-refractivity contribution < 1.29 is 14.3 Å². The molecular formula is C30H37ClFN3O2. The highest BCUT2D eigenvalue weighted by atomic mass is 35.5. The van der Waals surface area contributed by atoms with Crippen LogP contribution in [-0.4, -0.2) is 34.6 Å². The zero-order valence-corrected chi connectivity index (χ0v) is 23.1. The Labute approximate surface area is 225 Å². The first kappa shape index (κ1) is 29.8. The number of halogens is 2. The summed E-state index contributed by atoms with van der Waals surface area (Å²) in [4.78, 5) is 16.8. The monoisotopic (exact) mass is 525 g/mol. The van der Waals surface area contributed by atoms with Crippen molar-refractivity contribution in [3.05, 3.63) is 99.6 Å². The van der Waals surface area contributed by atoms with E-state index in [1.54, 1.807) is 6.07 Å². The van der Waals surface area contributed by atoms with Gasteiger partial charge in [-0.05, 0) is 62.5 Å². The van der Waals surface area contributed by atoms with E-state index >= 15 is 4.39 Å². The summed E-state index contributed by atoms with van der Waals surface area (Å²) >= 11 is 6.44. The number of carboxylic acids is 1. The van der Waals surface area contributed by atoms with Gasteiger partial charge < -0.3 is 15.3 Å². The molecule has 0 aliphatic rings. The number of pyridine rings is 1. The molecule has 2 aromatic rings. The van der Waals surface area contributed by atoms with Gasteiger partial charge in [-0.2, -0.15) is 4.39 Å². The first-order chi connectivity index (χ1) is 17.5. The number of nitrogens with one attached hydrogen (secondary N) is 1. The standard InChI is InChI=1S/C30H37ClFN3O2/c1-7-8-10-24(22(5)35(6)19-23-14-12-21(4)13-15-23)17-25(20(2)3)26-18-27(31)30(34-29(26)32)33-16-9-11-28(36)37/h8,10,12-15,17-18H,5,7,9,11,16,19H2,1-4,6H3,(H,33,34)(H,36,37)/b10-8-,24-17-. The van der Waals surface area contributed by atoms with Crippen molar-refractivity contribution in [3.63, 3.8) is 0 Å². The van der Waals surface area contributed by atoms with Crippen LogP contribution in [0.5, 0.6) is 0 Å². The van der Waals surface area contributed by atoms with Gasteiger partial charge in [0.05, 0.1) is 5.02 Å². The second-order valence-electron chi connectivity index (χ2n) is 9.19. The number of benzene rings is 1. The summed E-state index contributed by atoms with van der Waals surface area (Å²) < 4.78 is 15.2. The summed E-state index contributed by atoms with van der Waals surface area (Å²) in [7, 11) is 1.99. The first-order valence-corrected chi connectivity index (χ1v) is 12.7. The minimum Gasteiger partial charge on any atom is -0.481 e. The SMILES string of the molecule is C=C(C(/C=C\CC)=C\C(=C(C)C)c1cc(Cl)c(NCCCC(=O)O)nc1F)N(C)Cc1ccc(C)cc1. The van der Waals surface area contributed by atoms with Crippen molar-refractivity contribution in [1.82, 2.24) is 9.88 Å². The van der Waals surface area contributed by atoms with Gasteiger partial charge in [0.1, 0.15) is 5.82 Å². The van der Waals surface area contributed by atoms with E-state index in [0.717, 1.165) is 23.3 Å². The van der Waals surface area contributed by atoms with E-state index in [0.29, 0.717) is 25.1 Å². The number of carbonyl (C=O) groups is 1. The lowest BCUT2D eigenvalue weighted by atomic mass is 9.98. The summed E-state index contributed by atoms with van der Waals surface area (Å²) in [5.74, 6) is -1.35. The molecule has 1 heterocycles. The predicted molar refractivity (Wildman–Crippen MR) is 152 cm³/mol. The Morgan fingerprint density at radius 2 is 1.95 bits per heavy atom. The van der Waals surface area contributed by atoms with Gasteiger partial charge in [-0.1, -0.05) is 72.7 Å². The van der Waals surface area contributed by atoms with E-state index in [2.05, 4.69) is 59.9 Å². The molecule has 5 nitrogen and oxygen atoms in total. The fraction of sp³-hybridized carbons (Fsp3) is 0.333. The van der Waals surface area contributed by atoms with Crippen LogP contribution in [0.3, 0.4) is 0 Å². The van der Waals surface area contributed by atoms with Crippen molar-refractivity contribution in [1.29, 1.82) is 0 Å². The average molecular weight is 526 g/mol. The molecular weight excluding hydrogens is 489 g/mol. The first-order valence-electron chi connectivity index (χ1n) is 12.4. The van der Waals surface area contributed by atoms with Crippen molar-refractivity contribution in [2.45, 2.75) is 53.5 Å². The van der Waals surface area contributed by atoms with Gasteiger partial charge in [0.15, 0.2) is 0 Å². The van der Waals surface area contributed by atoms with Crippen LogP contribution >= 0.6 is 11.6 Å². The van der Waals surface area contributed by atoms with Crippen LogP contribution in [0, 0.1) is 12.9 Å². The number of aliphatic carboxylic acids is 1. The van der Waals surface area contributed by atoms with Gasteiger partial charge in [0.2, 0.25) is 5.95 Å². The Kier molecular flexibility index (Phi) is 11.6. The topological polar surface area (TPSA) is 65.5 Å². The smallest absolute Gasteiger partial charge is 0.303 e. The fourth-order valence-corrected chi connectivity index (χ4v) is 3.85. The summed E-state index contributed by atoms with van der Waals surface area (Å²) in [6, 6.07) is 9.94. The van der Waals surface area contributed by atoms with Gasteiger partial charge in [-0.3, -0.25) is 4.79 Å². The van der Waals surface area contributed by atoms with Crippen LogP contribution in [0.1, 0.15) is 56.7 Å². The Bertz CT molecular complexity index is 1200. The van der Waals surface area contributed by atoms with Crippen molar-refractivity contribution in [2.24, 2.45) is 0 Å². The largest absolute Gasteiger partial charge is 0.481 e. The van der Waals surface area contributed by atoms with Crippen LogP contribution < -0.4 is 5.32 Å². The van der Waals surface area contributed by atoms with Crippen molar-refractivity contribution >= 4 is 29.0 Å². The second-order valence-corrected chi connectivity index (χ2v) is 9.60. The number of aryl methyl sites for hydroxylation is 1. The molecule has 1 aromatic heterocycles. The molecule has 1 aromatic carbocycles. The molecule has 0 aliphatic heterocycles. The molecule has 0 spiro atoms. The molecule has 0 amide bonds. The van der Waals surface area contributed by atoms with E-state index in [4.69, 9.17) is 16.7 Å². The number of rotatable bonds is 13. The van der Waals surface area contributed by atoms with Gasteiger partial charge in [0.25, 0.3) is 0 Å². The quantitative estimate of drug-likeness (QED) is 0.159. The van der Waals surface area contributed by atoms with Crippen molar-refractivity contribution in [2.75, 3.05) is 18.9 Å². The minimum atomic E-state index is -0.888. The Balaban J connectivity index is 2.37. The lowest BCUT2D eigenvalue weighted by molar-refractivity contribution is -0.137. The number of nitrogens with zero attached hydrogens (tertiary/aromatic N) is 2. The molecule has 0 saturated carbocycles. The summed E-state index contributed by atoms with van der Waals surface area (Å²) in [6.45, 7) is 13.3. The highest BCUT2D eigenvalue weighted by molar-refractivity contribution is 6.33. The Morgan fingerprint density at radius 3 is 2.54 bits per heavy atom. The number of allylic oxidation sites excluding steroid dienone is 5. The summed E-state index contributed by atoms with van der Waals surface area (Å²) in [5, 5.41) is 12.0. The average Bonchev–Trinajstić information content (AvgIpc) is 2.84. The van der Waals surface area contributed by atoms with E-state index in [-0.39, 0.29) is 22.8 Å². The van der Waals surface area contributed by atoms with Crippen LogP contribution in [-0.2, 0) is 11.3 Å². The number of carboxylic acid groups (broad SMARTS) is 1. The number of hydrogen-bond acceptors (Lipinski definition) is 4. The van der Waals surface area contributed by atoms with Crippen LogP contribution in [0.15, 0.2) is 72.0 Å². The van der Waals surface area contributed by atoms with Crippen LogP contribution in [0.4, 0.5) is 10.2 Å². The Hall–Kier alpha value is -3.38. The highest BCUT2D eigenvalue weighted by Crippen LogP contribution is 2.31. The molecule has 0 atom stereocenters. The number of anilines is 1. The normalized spacial score (nSPS) is 11.5. The lowest BCUT2D eigenvalue weighted by Crippen LogP contribution is -2.17. The molecule has 2 rings (SSSR count). The molecule has 0 unspecified atom stereocenters. The van der Waals surface area contributed by atoms with Crippen molar-refractivity contribution in [3.8, 4) is 0 Å². The summed E-state index contributed by atoms with van der Waals surface area (Å²) in [6.07, 6.45) is 7.21. The maximum absolute atomic E-state index is 15.2. The van der Waals surface area contributed by atoms with E-state index in [1.807, 2.05) is 39.1 Å². The van der Waals surface area contributed by atoms with Crippen LogP contribution in [0.2, 0.25) is 5.02 Å². The molecule has 2 N–H and O–H groups in total. The zero-order chi connectivity index (χ0) is 27.5. The molecule has 198 valence electrons. The van der Waals surface area contributed by atoms with Gasteiger partial charge in [-0.15, -0.1) is 0 Å². The van der Waals surface area contributed by atoms with Gasteiger partial charge in [-0.25, -0.2) is 4.98 Å². The molecule has 0 saturated heterocycles. The number of hydrogen-bond donors (Lipinski definition) is 2. The molecule has 0 aliphatic carbocycles.